The third kappa shape index (κ3) is 5.27. The van der Waals surface area contributed by atoms with Gasteiger partial charge in [-0.15, -0.1) is 0 Å². The third-order valence-corrected chi connectivity index (χ3v) is 4.35. The lowest BCUT2D eigenvalue weighted by molar-refractivity contribution is -0.385. The highest BCUT2D eigenvalue weighted by atomic mass is 19.1. The van der Waals surface area contributed by atoms with E-state index >= 15 is 0 Å². The molecule has 0 fully saturated rings. The summed E-state index contributed by atoms with van der Waals surface area (Å²) in [4.78, 5) is 23.5. The third-order valence-electron chi connectivity index (χ3n) is 4.35. The first-order valence-corrected chi connectivity index (χ1v) is 9.10. The Morgan fingerprint density at radius 2 is 1.71 bits per heavy atom. The van der Waals surface area contributed by atoms with Crippen LogP contribution in [0.5, 0.6) is 17.2 Å². The molecule has 0 aliphatic carbocycles. The average Bonchev–Trinajstić information content (AvgIpc) is 2.77. The maximum Gasteiger partial charge on any atom is 0.286 e. The predicted molar refractivity (Wildman–Crippen MR) is 111 cm³/mol. The molecule has 0 aliphatic rings. The second-order valence-electron chi connectivity index (χ2n) is 6.38. The standard InChI is InChI=1S/C22H19FN2O6/c1-29-20-11-18(19(25(27)28)12-21(20)30-2)22(26)24-16-4-3-5-17(10-16)31-13-14-6-8-15(23)9-7-14/h3-12H,13H2,1-2H3,(H,24,26). The van der Waals surface area contributed by atoms with Gasteiger partial charge in [0, 0.05) is 17.8 Å². The molecule has 31 heavy (non-hydrogen) atoms. The Labute approximate surface area is 177 Å². The van der Waals surface area contributed by atoms with Crippen molar-refractivity contribution < 1.29 is 28.3 Å². The summed E-state index contributed by atoms with van der Waals surface area (Å²) in [6, 6.07) is 14.8. The summed E-state index contributed by atoms with van der Waals surface area (Å²) in [6.07, 6.45) is 0. The molecule has 9 heteroatoms. The maximum atomic E-state index is 13.0. The molecule has 3 rings (SSSR count). The highest BCUT2D eigenvalue weighted by molar-refractivity contribution is 6.07. The average molecular weight is 426 g/mol. The van der Waals surface area contributed by atoms with Crippen LogP contribution in [-0.2, 0) is 6.61 Å². The maximum absolute atomic E-state index is 13.0. The van der Waals surface area contributed by atoms with E-state index in [9.17, 15) is 19.3 Å². The van der Waals surface area contributed by atoms with E-state index in [-0.39, 0.29) is 29.5 Å². The summed E-state index contributed by atoms with van der Waals surface area (Å²) in [7, 11) is 2.71. The van der Waals surface area contributed by atoms with E-state index in [4.69, 9.17) is 14.2 Å². The van der Waals surface area contributed by atoms with Crippen molar-refractivity contribution in [2.75, 3.05) is 19.5 Å². The minimum absolute atomic E-state index is 0.141. The number of nitrogens with one attached hydrogen (secondary N) is 1. The van der Waals surface area contributed by atoms with Gasteiger partial charge >= 0.3 is 0 Å². The number of hydrogen-bond acceptors (Lipinski definition) is 6. The Kier molecular flexibility index (Phi) is 6.66. The summed E-state index contributed by atoms with van der Waals surface area (Å²) in [5.74, 6) is -0.235. The normalized spacial score (nSPS) is 10.3. The Morgan fingerprint density at radius 3 is 2.35 bits per heavy atom. The van der Waals surface area contributed by atoms with Gasteiger partial charge in [0.25, 0.3) is 11.6 Å². The van der Waals surface area contributed by atoms with E-state index in [0.717, 1.165) is 11.6 Å². The second kappa shape index (κ2) is 9.57. The number of nitro benzene ring substituents is 1. The lowest BCUT2D eigenvalue weighted by atomic mass is 10.1. The van der Waals surface area contributed by atoms with E-state index in [1.54, 1.807) is 36.4 Å². The Hall–Kier alpha value is -4.14. The van der Waals surface area contributed by atoms with Gasteiger partial charge in [-0.2, -0.15) is 0 Å². The lowest BCUT2D eigenvalue weighted by Gasteiger charge is -2.12. The van der Waals surface area contributed by atoms with Crippen LogP contribution in [0, 0.1) is 15.9 Å². The fraction of sp³-hybridized carbons (Fsp3) is 0.136. The van der Waals surface area contributed by atoms with Crippen LogP contribution in [0.15, 0.2) is 60.7 Å². The first-order valence-electron chi connectivity index (χ1n) is 9.10. The number of nitrogens with zero attached hydrogens (tertiary/aromatic N) is 1. The zero-order valence-electron chi connectivity index (χ0n) is 16.8. The predicted octanol–water partition coefficient (Wildman–Crippen LogP) is 4.58. The molecule has 0 unspecified atom stereocenters. The van der Waals surface area contributed by atoms with Gasteiger partial charge in [-0.1, -0.05) is 18.2 Å². The molecule has 0 atom stereocenters. The molecule has 0 saturated heterocycles. The Balaban J connectivity index is 1.78. The van der Waals surface area contributed by atoms with Crippen LogP contribution in [0.2, 0.25) is 0 Å². The number of rotatable bonds is 8. The smallest absolute Gasteiger partial charge is 0.286 e. The Morgan fingerprint density at radius 1 is 1.03 bits per heavy atom. The molecule has 0 spiro atoms. The van der Waals surface area contributed by atoms with Crippen molar-refractivity contribution in [2.24, 2.45) is 0 Å². The summed E-state index contributed by atoms with van der Waals surface area (Å²) in [5.41, 5.74) is 0.557. The van der Waals surface area contributed by atoms with Crippen molar-refractivity contribution in [2.45, 2.75) is 6.61 Å². The van der Waals surface area contributed by atoms with Crippen LogP contribution in [0.3, 0.4) is 0 Å². The monoisotopic (exact) mass is 426 g/mol. The van der Waals surface area contributed by atoms with E-state index in [1.807, 2.05) is 0 Å². The van der Waals surface area contributed by atoms with Crippen molar-refractivity contribution >= 4 is 17.3 Å². The van der Waals surface area contributed by atoms with Gasteiger partial charge in [-0.25, -0.2) is 4.39 Å². The van der Waals surface area contributed by atoms with Crippen LogP contribution >= 0.6 is 0 Å². The van der Waals surface area contributed by atoms with Crippen LogP contribution in [0.25, 0.3) is 0 Å². The molecule has 0 radical (unpaired) electrons. The van der Waals surface area contributed by atoms with Crippen LogP contribution < -0.4 is 19.5 Å². The molecule has 0 aromatic heterocycles. The summed E-state index contributed by atoms with van der Waals surface area (Å²) in [5, 5.41) is 14.0. The molecule has 1 N–H and O–H groups in total. The molecule has 160 valence electrons. The number of ether oxygens (including phenoxy) is 3. The van der Waals surface area contributed by atoms with Crippen molar-refractivity contribution in [3.8, 4) is 17.2 Å². The van der Waals surface area contributed by atoms with Crippen LogP contribution in [0.4, 0.5) is 15.8 Å². The summed E-state index contributed by atoms with van der Waals surface area (Å²) < 4.78 is 28.9. The zero-order valence-corrected chi connectivity index (χ0v) is 16.8. The highest BCUT2D eigenvalue weighted by Gasteiger charge is 2.24. The van der Waals surface area contributed by atoms with Crippen molar-refractivity contribution in [1.82, 2.24) is 0 Å². The van der Waals surface area contributed by atoms with Gasteiger partial charge in [0.15, 0.2) is 11.5 Å². The van der Waals surface area contributed by atoms with Gasteiger partial charge in [0.05, 0.1) is 25.2 Å². The number of halogens is 1. The molecule has 0 aliphatic heterocycles. The number of hydrogen-bond donors (Lipinski definition) is 1. The minimum Gasteiger partial charge on any atom is -0.493 e. The molecule has 3 aromatic rings. The molecule has 0 bridgehead atoms. The zero-order chi connectivity index (χ0) is 22.4. The molecule has 0 heterocycles. The van der Waals surface area contributed by atoms with E-state index in [1.165, 1.54) is 32.4 Å². The van der Waals surface area contributed by atoms with Gasteiger partial charge in [-0.3, -0.25) is 14.9 Å². The van der Waals surface area contributed by atoms with Gasteiger partial charge in [-0.05, 0) is 29.8 Å². The molecule has 1 amide bonds. The fourth-order valence-corrected chi connectivity index (χ4v) is 2.81. The number of benzene rings is 3. The number of nitro groups is 1. The first-order chi connectivity index (χ1) is 14.9. The van der Waals surface area contributed by atoms with Gasteiger partial charge in [0.2, 0.25) is 0 Å². The van der Waals surface area contributed by atoms with E-state index in [2.05, 4.69) is 5.32 Å². The fourth-order valence-electron chi connectivity index (χ4n) is 2.81. The van der Waals surface area contributed by atoms with Gasteiger partial charge in [0.1, 0.15) is 23.7 Å². The van der Waals surface area contributed by atoms with Crippen LogP contribution in [0.1, 0.15) is 15.9 Å². The van der Waals surface area contributed by atoms with E-state index < -0.39 is 16.5 Å². The summed E-state index contributed by atoms with van der Waals surface area (Å²) in [6.45, 7) is 0.207. The Bertz CT molecular complexity index is 1100. The van der Waals surface area contributed by atoms with Crippen molar-refractivity contribution in [3.63, 3.8) is 0 Å². The van der Waals surface area contributed by atoms with Crippen LogP contribution in [-0.4, -0.2) is 25.1 Å². The van der Waals surface area contributed by atoms with Crippen molar-refractivity contribution in [1.29, 1.82) is 0 Å². The first kappa shape index (κ1) is 21.6. The number of carbonyl (C=O) groups is 1. The quantitative estimate of drug-likeness (QED) is 0.418. The second-order valence-corrected chi connectivity index (χ2v) is 6.38. The molecule has 3 aromatic carbocycles. The highest BCUT2D eigenvalue weighted by Crippen LogP contribution is 2.35. The molecule has 8 nitrogen and oxygen atoms in total. The van der Waals surface area contributed by atoms with E-state index in [0.29, 0.717) is 11.4 Å². The SMILES string of the molecule is COc1cc(C(=O)Nc2cccc(OCc3ccc(F)cc3)c2)c([N+](=O)[O-])cc1OC. The largest absolute Gasteiger partial charge is 0.493 e. The topological polar surface area (TPSA) is 99.9 Å². The minimum atomic E-state index is -0.691. The number of amides is 1. The number of methoxy groups -OCH3 is 2. The van der Waals surface area contributed by atoms with Crippen molar-refractivity contribution in [3.05, 3.63) is 87.7 Å². The van der Waals surface area contributed by atoms with Gasteiger partial charge < -0.3 is 19.5 Å². The summed E-state index contributed by atoms with van der Waals surface area (Å²) >= 11 is 0. The lowest BCUT2D eigenvalue weighted by Crippen LogP contribution is -2.14. The number of anilines is 1. The molecule has 0 saturated carbocycles. The number of carbonyl (C=O) groups excluding carboxylic acids is 1. The molecular formula is C22H19FN2O6. The molecular weight excluding hydrogens is 407 g/mol.